The molecule has 5 nitrogen and oxygen atoms in total. The molecule has 1 atom stereocenters. The summed E-state index contributed by atoms with van der Waals surface area (Å²) in [5.41, 5.74) is 0. The smallest absolute Gasteiger partial charge is 0.305 e. The molecule has 0 saturated carbocycles. The molecule has 41 heavy (non-hydrogen) atoms. The zero-order chi connectivity index (χ0) is 30.1. The van der Waals surface area contributed by atoms with Gasteiger partial charge in [-0.15, -0.1) is 0 Å². The Hall–Kier alpha value is -1.10. The Morgan fingerprint density at radius 1 is 0.415 bits per heavy atom. The standard InChI is InChI=1S/C36H70O5/c1-3-5-7-9-11-13-15-16-17-18-19-21-23-25-27-29-31-36(39)41-33-34(37)32-40-35(38)30-28-26-24-22-20-14-12-10-8-6-4-2/h34,37H,3-33H2,1-2H3/t34-/m1/s1. The van der Waals surface area contributed by atoms with Crippen molar-refractivity contribution in [2.24, 2.45) is 0 Å². The third-order valence-corrected chi connectivity index (χ3v) is 8.09. The maximum absolute atomic E-state index is 11.9. The van der Waals surface area contributed by atoms with Crippen LogP contribution in [0.3, 0.4) is 0 Å². The van der Waals surface area contributed by atoms with Crippen molar-refractivity contribution in [3.63, 3.8) is 0 Å². The van der Waals surface area contributed by atoms with Crippen molar-refractivity contribution in [1.82, 2.24) is 0 Å². The van der Waals surface area contributed by atoms with Crippen LogP contribution in [-0.2, 0) is 19.1 Å². The number of ether oxygens (including phenoxy) is 2. The van der Waals surface area contributed by atoms with Gasteiger partial charge in [0.1, 0.15) is 19.3 Å². The second kappa shape index (κ2) is 33.4. The third-order valence-electron chi connectivity index (χ3n) is 8.09. The number of aliphatic hydroxyl groups is 1. The van der Waals surface area contributed by atoms with E-state index in [-0.39, 0.29) is 25.2 Å². The molecule has 0 aliphatic heterocycles. The number of unbranched alkanes of at least 4 members (excludes halogenated alkanes) is 25. The van der Waals surface area contributed by atoms with Crippen LogP contribution in [0.5, 0.6) is 0 Å². The van der Waals surface area contributed by atoms with E-state index in [0.29, 0.717) is 12.8 Å². The highest BCUT2D eigenvalue weighted by Gasteiger charge is 2.12. The zero-order valence-electron chi connectivity index (χ0n) is 27.6. The van der Waals surface area contributed by atoms with Gasteiger partial charge in [0, 0.05) is 12.8 Å². The Morgan fingerprint density at radius 2 is 0.634 bits per heavy atom. The molecule has 0 heterocycles. The summed E-state index contributed by atoms with van der Waals surface area (Å²) in [6, 6.07) is 0. The molecule has 0 aromatic carbocycles. The van der Waals surface area contributed by atoms with Crippen LogP contribution in [-0.4, -0.2) is 36.4 Å². The third kappa shape index (κ3) is 33.3. The number of hydrogen-bond acceptors (Lipinski definition) is 5. The van der Waals surface area contributed by atoms with Crippen LogP contribution in [0, 0.1) is 0 Å². The molecule has 0 saturated heterocycles. The van der Waals surface area contributed by atoms with Crippen LogP contribution in [0.1, 0.15) is 200 Å². The highest BCUT2D eigenvalue weighted by atomic mass is 16.6. The van der Waals surface area contributed by atoms with E-state index in [0.717, 1.165) is 25.7 Å². The van der Waals surface area contributed by atoms with E-state index in [1.54, 1.807) is 0 Å². The number of carbonyl (C=O) groups excluding carboxylic acids is 2. The van der Waals surface area contributed by atoms with Gasteiger partial charge in [-0.05, 0) is 12.8 Å². The lowest BCUT2D eigenvalue weighted by Gasteiger charge is -2.12. The Labute approximate surface area is 255 Å². The molecule has 0 amide bonds. The van der Waals surface area contributed by atoms with Crippen molar-refractivity contribution in [3.05, 3.63) is 0 Å². The monoisotopic (exact) mass is 583 g/mol. The van der Waals surface area contributed by atoms with Gasteiger partial charge >= 0.3 is 11.9 Å². The summed E-state index contributed by atoms with van der Waals surface area (Å²) >= 11 is 0. The van der Waals surface area contributed by atoms with Crippen LogP contribution in [0.25, 0.3) is 0 Å². The molecular formula is C36H70O5. The van der Waals surface area contributed by atoms with E-state index < -0.39 is 6.10 Å². The lowest BCUT2D eigenvalue weighted by molar-refractivity contribution is -0.152. The molecule has 0 aromatic rings. The molecule has 1 N–H and O–H groups in total. The fourth-order valence-corrected chi connectivity index (χ4v) is 5.32. The first-order valence-electron chi connectivity index (χ1n) is 18.1. The van der Waals surface area contributed by atoms with Crippen molar-refractivity contribution in [3.8, 4) is 0 Å². The second-order valence-corrected chi connectivity index (χ2v) is 12.4. The van der Waals surface area contributed by atoms with Crippen LogP contribution < -0.4 is 0 Å². The lowest BCUT2D eigenvalue weighted by atomic mass is 10.0. The fraction of sp³-hybridized carbons (Fsp3) is 0.944. The summed E-state index contributed by atoms with van der Waals surface area (Å²) in [7, 11) is 0. The predicted octanol–water partition coefficient (Wildman–Crippen LogP) is 10.8. The molecule has 0 aromatic heterocycles. The molecule has 0 bridgehead atoms. The van der Waals surface area contributed by atoms with Gasteiger partial charge in [-0.3, -0.25) is 9.59 Å². The Kier molecular flexibility index (Phi) is 32.5. The highest BCUT2D eigenvalue weighted by molar-refractivity contribution is 5.69. The quantitative estimate of drug-likeness (QED) is 0.0615. The average Bonchev–Trinajstić information content (AvgIpc) is 2.97. The largest absolute Gasteiger partial charge is 0.463 e. The molecule has 0 spiro atoms. The topological polar surface area (TPSA) is 72.8 Å². The van der Waals surface area contributed by atoms with E-state index >= 15 is 0 Å². The first kappa shape index (κ1) is 39.9. The van der Waals surface area contributed by atoms with Gasteiger partial charge in [0.25, 0.3) is 0 Å². The number of esters is 2. The van der Waals surface area contributed by atoms with E-state index in [1.807, 2.05) is 0 Å². The Morgan fingerprint density at radius 3 is 0.878 bits per heavy atom. The Bertz CT molecular complexity index is 550. The number of aliphatic hydroxyl groups excluding tert-OH is 1. The summed E-state index contributed by atoms with van der Waals surface area (Å²) in [6.45, 7) is 4.31. The Balaban J connectivity index is 3.38. The minimum Gasteiger partial charge on any atom is -0.463 e. The van der Waals surface area contributed by atoms with E-state index in [4.69, 9.17) is 9.47 Å². The number of carbonyl (C=O) groups is 2. The molecule has 0 aliphatic carbocycles. The molecule has 0 radical (unpaired) electrons. The molecule has 0 unspecified atom stereocenters. The highest BCUT2D eigenvalue weighted by Crippen LogP contribution is 2.15. The first-order chi connectivity index (χ1) is 20.1. The summed E-state index contributed by atoms with van der Waals surface area (Å²) in [4.78, 5) is 23.8. The normalized spacial score (nSPS) is 12.0. The van der Waals surface area contributed by atoms with Gasteiger partial charge in [0.05, 0.1) is 0 Å². The molecule has 0 fully saturated rings. The van der Waals surface area contributed by atoms with Crippen LogP contribution in [0.15, 0.2) is 0 Å². The molecule has 0 rings (SSSR count). The van der Waals surface area contributed by atoms with Crippen LogP contribution in [0.2, 0.25) is 0 Å². The summed E-state index contributed by atoms with van der Waals surface area (Å²) < 4.78 is 10.3. The fourth-order valence-electron chi connectivity index (χ4n) is 5.32. The van der Waals surface area contributed by atoms with Crippen LogP contribution in [0.4, 0.5) is 0 Å². The van der Waals surface area contributed by atoms with Crippen molar-refractivity contribution >= 4 is 11.9 Å². The van der Waals surface area contributed by atoms with Crippen molar-refractivity contribution < 1.29 is 24.2 Å². The SMILES string of the molecule is CCCCCCCCCCCCCCCCCCC(=O)OC[C@H](O)COC(=O)CCCCCCCCCCCCC. The number of rotatable bonds is 33. The van der Waals surface area contributed by atoms with Crippen molar-refractivity contribution in [2.75, 3.05) is 13.2 Å². The summed E-state index contributed by atoms with van der Waals surface area (Å²) in [5, 5.41) is 9.97. The second-order valence-electron chi connectivity index (χ2n) is 12.4. The maximum Gasteiger partial charge on any atom is 0.305 e. The van der Waals surface area contributed by atoms with Gasteiger partial charge < -0.3 is 14.6 Å². The van der Waals surface area contributed by atoms with Gasteiger partial charge in [-0.1, -0.05) is 174 Å². The van der Waals surface area contributed by atoms with Gasteiger partial charge in [0.15, 0.2) is 0 Å². The van der Waals surface area contributed by atoms with Crippen molar-refractivity contribution in [2.45, 2.75) is 206 Å². The predicted molar refractivity (Wildman–Crippen MR) is 173 cm³/mol. The lowest BCUT2D eigenvalue weighted by Crippen LogP contribution is -2.25. The molecule has 244 valence electrons. The zero-order valence-corrected chi connectivity index (χ0v) is 27.6. The van der Waals surface area contributed by atoms with Crippen molar-refractivity contribution in [1.29, 1.82) is 0 Å². The average molecular weight is 583 g/mol. The van der Waals surface area contributed by atoms with Gasteiger partial charge in [-0.2, -0.15) is 0 Å². The molecular weight excluding hydrogens is 512 g/mol. The van der Waals surface area contributed by atoms with E-state index in [9.17, 15) is 14.7 Å². The summed E-state index contributed by atoms with van der Waals surface area (Å²) in [6.07, 6.45) is 34.4. The molecule has 5 heteroatoms. The number of hydrogen-bond donors (Lipinski definition) is 1. The van der Waals surface area contributed by atoms with E-state index in [2.05, 4.69) is 13.8 Å². The maximum atomic E-state index is 11.9. The molecule has 0 aliphatic rings. The van der Waals surface area contributed by atoms with Crippen LogP contribution >= 0.6 is 0 Å². The van der Waals surface area contributed by atoms with Gasteiger partial charge in [0.2, 0.25) is 0 Å². The minimum absolute atomic E-state index is 0.108. The summed E-state index contributed by atoms with van der Waals surface area (Å²) in [5.74, 6) is -0.554. The van der Waals surface area contributed by atoms with E-state index in [1.165, 1.54) is 148 Å². The first-order valence-corrected chi connectivity index (χ1v) is 18.1. The minimum atomic E-state index is -0.953. The van der Waals surface area contributed by atoms with Gasteiger partial charge in [-0.25, -0.2) is 0 Å².